The van der Waals surface area contributed by atoms with Crippen molar-refractivity contribution in [3.63, 3.8) is 0 Å². The second kappa shape index (κ2) is 13.0. The first-order valence-corrected chi connectivity index (χ1v) is 14.1. The van der Waals surface area contributed by atoms with Crippen molar-refractivity contribution in [3.8, 4) is 5.75 Å². The van der Waals surface area contributed by atoms with Crippen LogP contribution >= 0.6 is 0 Å². The summed E-state index contributed by atoms with van der Waals surface area (Å²) in [5.41, 5.74) is 3.51. The van der Waals surface area contributed by atoms with Gasteiger partial charge in [0.2, 0.25) is 5.91 Å². The van der Waals surface area contributed by atoms with E-state index in [1.165, 1.54) is 18.0 Å². The predicted octanol–water partition coefficient (Wildman–Crippen LogP) is 4.64. The van der Waals surface area contributed by atoms with Gasteiger partial charge in [0.1, 0.15) is 17.9 Å². The summed E-state index contributed by atoms with van der Waals surface area (Å²) in [5, 5.41) is 8.24. The van der Waals surface area contributed by atoms with Gasteiger partial charge < -0.3 is 20.3 Å². The molecule has 3 aromatic rings. The first kappa shape index (κ1) is 28.4. The highest BCUT2D eigenvalue weighted by Crippen LogP contribution is 2.39. The quantitative estimate of drug-likeness (QED) is 0.346. The number of anilines is 5. The van der Waals surface area contributed by atoms with Crippen LogP contribution in [0.4, 0.5) is 28.7 Å². The van der Waals surface area contributed by atoms with E-state index in [1.807, 2.05) is 29.3 Å². The van der Waals surface area contributed by atoms with Crippen molar-refractivity contribution < 1.29 is 14.4 Å². The van der Waals surface area contributed by atoms with Crippen molar-refractivity contribution >= 4 is 34.6 Å². The van der Waals surface area contributed by atoms with Crippen LogP contribution in [0.5, 0.6) is 5.75 Å². The molecule has 41 heavy (non-hydrogen) atoms. The van der Waals surface area contributed by atoms with Gasteiger partial charge in [-0.2, -0.15) is 0 Å². The van der Waals surface area contributed by atoms with E-state index in [2.05, 4.69) is 75.1 Å². The third-order valence-corrected chi connectivity index (χ3v) is 7.61. The SMILES string of the molecule is C=CC(=O)Nc1cc(Nc2cc(N3OCC[C@@H]3Cc3ccccc3)ncn2)c(OC)cc1N1CCN(C(C)C)CC1. The molecule has 1 aromatic heterocycles. The van der Waals surface area contributed by atoms with Gasteiger partial charge in [-0.25, -0.2) is 15.0 Å². The molecule has 2 fully saturated rings. The molecule has 0 bridgehead atoms. The van der Waals surface area contributed by atoms with Crippen LogP contribution in [0, 0.1) is 0 Å². The molecule has 2 aliphatic heterocycles. The van der Waals surface area contributed by atoms with Crippen LogP contribution in [0.1, 0.15) is 25.8 Å². The van der Waals surface area contributed by atoms with Gasteiger partial charge in [-0.05, 0) is 44.4 Å². The highest BCUT2D eigenvalue weighted by atomic mass is 16.7. The average Bonchev–Trinajstić information content (AvgIpc) is 3.46. The normalized spacial score (nSPS) is 17.5. The number of rotatable bonds is 10. The molecule has 10 heteroatoms. The number of hydrogen-bond acceptors (Lipinski definition) is 9. The molecular formula is C31H39N7O3. The van der Waals surface area contributed by atoms with E-state index < -0.39 is 0 Å². The second-order valence-corrected chi connectivity index (χ2v) is 10.6. The Morgan fingerprint density at radius 3 is 2.61 bits per heavy atom. The fourth-order valence-electron chi connectivity index (χ4n) is 5.37. The Balaban J connectivity index is 1.39. The number of ether oxygens (including phenoxy) is 1. The van der Waals surface area contributed by atoms with Crippen molar-refractivity contribution in [2.75, 3.05) is 60.5 Å². The lowest BCUT2D eigenvalue weighted by Gasteiger charge is -2.39. The molecule has 2 aliphatic rings. The van der Waals surface area contributed by atoms with E-state index in [0.29, 0.717) is 41.4 Å². The molecule has 0 aliphatic carbocycles. The molecule has 1 atom stereocenters. The molecule has 2 saturated heterocycles. The van der Waals surface area contributed by atoms with E-state index in [-0.39, 0.29) is 11.9 Å². The van der Waals surface area contributed by atoms with Crippen LogP contribution in [-0.4, -0.2) is 72.8 Å². The number of hydroxylamine groups is 1. The Bertz CT molecular complexity index is 1340. The smallest absolute Gasteiger partial charge is 0.247 e. The molecule has 216 valence electrons. The van der Waals surface area contributed by atoms with Crippen LogP contribution < -0.4 is 25.3 Å². The number of amides is 1. The van der Waals surface area contributed by atoms with Crippen LogP contribution in [0.15, 0.2) is 67.5 Å². The van der Waals surface area contributed by atoms with E-state index in [9.17, 15) is 4.79 Å². The Kier molecular flexibility index (Phi) is 9.01. The fraction of sp³-hybridized carbons (Fsp3) is 0.387. The zero-order valence-electron chi connectivity index (χ0n) is 24.0. The topological polar surface area (TPSA) is 95.1 Å². The highest BCUT2D eigenvalue weighted by Gasteiger charge is 2.28. The van der Waals surface area contributed by atoms with E-state index in [4.69, 9.17) is 9.57 Å². The molecule has 0 spiro atoms. The number of nitrogens with one attached hydrogen (secondary N) is 2. The first-order chi connectivity index (χ1) is 19.9. The number of carbonyl (C=O) groups is 1. The van der Waals surface area contributed by atoms with E-state index in [1.54, 1.807) is 7.11 Å². The number of methoxy groups -OCH3 is 1. The van der Waals surface area contributed by atoms with Gasteiger partial charge in [0.05, 0.1) is 36.8 Å². The maximum atomic E-state index is 12.4. The zero-order valence-corrected chi connectivity index (χ0v) is 24.0. The van der Waals surface area contributed by atoms with Gasteiger partial charge in [-0.3, -0.25) is 14.5 Å². The number of hydrogen-bond donors (Lipinski definition) is 2. The van der Waals surface area contributed by atoms with Crippen molar-refractivity contribution in [2.45, 2.75) is 38.8 Å². The van der Waals surface area contributed by atoms with Crippen LogP contribution in [0.25, 0.3) is 0 Å². The minimum atomic E-state index is -0.275. The van der Waals surface area contributed by atoms with Crippen LogP contribution in [-0.2, 0) is 16.1 Å². The Morgan fingerprint density at radius 2 is 1.90 bits per heavy atom. The predicted molar refractivity (Wildman–Crippen MR) is 163 cm³/mol. The Hall–Kier alpha value is -4.15. The lowest BCUT2D eigenvalue weighted by Crippen LogP contribution is -2.49. The third-order valence-electron chi connectivity index (χ3n) is 7.61. The lowest BCUT2D eigenvalue weighted by molar-refractivity contribution is -0.111. The van der Waals surface area contributed by atoms with Gasteiger partial charge in [-0.1, -0.05) is 36.9 Å². The lowest BCUT2D eigenvalue weighted by atomic mass is 10.0. The summed E-state index contributed by atoms with van der Waals surface area (Å²) >= 11 is 0. The van der Waals surface area contributed by atoms with Crippen LogP contribution in [0.2, 0.25) is 0 Å². The Labute approximate surface area is 241 Å². The summed E-state index contributed by atoms with van der Waals surface area (Å²) in [4.78, 5) is 32.1. The summed E-state index contributed by atoms with van der Waals surface area (Å²) < 4.78 is 5.80. The molecule has 5 rings (SSSR count). The standard InChI is InChI=1S/C31H39N7O3/c1-5-31(39)35-25-18-26(28(40-4)19-27(25)37-14-12-36(13-15-37)22(2)3)34-29-20-30(33-21-32-29)38-24(11-16-41-38)17-23-9-7-6-8-10-23/h5-10,18-22,24H,1,11-17H2,2-4H3,(H,35,39)(H,32,33,34)/t24-/m1/s1. The minimum absolute atomic E-state index is 0.172. The van der Waals surface area contributed by atoms with Gasteiger partial charge in [0.15, 0.2) is 5.82 Å². The molecule has 0 unspecified atom stereocenters. The number of carbonyl (C=O) groups excluding carboxylic acids is 1. The third kappa shape index (κ3) is 6.78. The van der Waals surface area contributed by atoms with E-state index in [0.717, 1.165) is 44.7 Å². The first-order valence-electron chi connectivity index (χ1n) is 14.1. The largest absolute Gasteiger partial charge is 0.494 e. The maximum absolute atomic E-state index is 12.4. The molecule has 10 nitrogen and oxygen atoms in total. The van der Waals surface area contributed by atoms with Crippen molar-refractivity contribution in [3.05, 3.63) is 73.1 Å². The summed E-state index contributed by atoms with van der Waals surface area (Å²) in [6, 6.07) is 16.8. The monoisotopic (exact) mass is 557 g/mol. The molecular weight excluding hydrogens is 518 g/mol. The maximum Gasteiger partial charge on any atom is 0.247 e. The minimum Gasteiger partial charge on any atom is -0.494 e. The summed E-state index contributed by atoms with van der Waals surface area (Å²) in [7, 11) is 1.64. The zero-order chi connectivity index (χ0) is 28.8. The fourth-order valence-corrected chi connectivity index (χ4v) is 5.37. The molecule has 1 amide bonds. The van der Waals surface area contributed by atoms with Gasteiger partial charge in [0.25, 0.3) is 0 Å². The highest BCUT2D eigenvalue weighted by molar-refractivity contribution is 6.02. The van der Waals surface area contributed by atoms with Crippen molar-refractivity contribution in [2.24, 2.45) is 0 Å². The summed E-state index contributed by atoms with van der Waals surface area (Å²) in [6.07, 6.45) is 4.57. The average molecular weight is 558 g/mol. The van der Waals surface area contributed by atoms with Crippen molar-refractivity contribution in [1.82, 2.24) is 14.9 Å². The second-order valence-electron chi connectivity index (χ2n) is 10.6. The number of piperazine rings is 1. The Morgan fingerprint density at radius 1 is 1.12 bits per heavy atom. The van der Waals surface area contributed by atoms with E-state index >= 15 is 0 Å². The number of benzene rings is 2. The molecule has 2 aromatic carbocycles. The molecule has 2 N–H and O–H groups in total. The molecule has 0 saturated carbocycles. The number of nitrogens with zero attached hydrogens (tertiary/aromatic N) is 5. The molecule has 0 radical (unpaired) electrons. The van der Waals surface area contributed by atoms with Crippen LogP contribution in [0.3, 0.4) is 0 Å². The van der Waals surface area contributed by atoms with Gasteiger partial charge >= 0.3 is 0 Å². The van der Waals surface area contributed by atoms with Gasteiger partial charge in [0, 0.05) is 44.4 Å². The van der Waals surface area contributed by atoms with Crippen molar-refractivity contribution in [1.29, 1.82) is 0 Å². The summed E-state index contributed by atoms with van der Waals surface area (Å²) in [6.45, 7) is 12.3. The molecule has 3 heterocycles. The van der Waals surface area contributed by atoms with Gasteiger partial charge in [-0.15, -0.1) is 0 Å². The summed E-state index contributed by atoms with van der Waals surface area (Å²) in [5.74, 6) is 1.63. The number of aromatic nitrogens is 2.